The lowest BCUT2D eigenvalue weighted by molar-refractivity contribution is 0.204. The first-order valence-corrected chi connectivity index (χ1v) is 8.05. The number of hydrogen-bond donors (Lipinski definition) is 1. The summed E-state index contributed by atoms with van der Waals surface area (Å²) in [6.45, 7) is 3.48. The van der Waals surface area contributed by atoms with Gasteiger partial charge in [0.05, 0.1) is 11.1 Å². The number of anilines is 1. The van der Waals surface area contributed by atoms with E-state index in [-0.39, 0.29) is 0 Å². The molecule has 7 heteroatoms. The minimum atomic E-state index is 0.511. The first-order chi connectivity index (χ1) is 10.3. The summed E-state index contributed by atoms with van der Waals surface area (Å²) >= 11 is 3.52. The first kappa shape index (κ1) is 14.7. The molecule has 3 rings (SSSR count). The third-order valence-electron chi connectivity index (χ3n) is 3.75. The second-order valence-electron chi connectivity index (χ2n) is 5.27. The molecule has 1 saturated heterocycles. The first-order valence-electron chi connectivity index (χ1n) is 7.26. The van der Waals surface area contributed by atoms with Crippen molar-refractivity contribution in [1.82, 2.24) is 19.9 Å². The van der Waals surface area contributed by atoms with Gasteiger partial charge in [0.1, 0.15) is 0 Å². The molecule has 0 aromatic carbocycles. The lowest BCUT2D eigenvalue weighted by atomic mass is 10.2. The van der Waals surface area contributed by atoms with Crippen LogP contribution >= 0.6 is 15.9 Å². The van der Waals surface area contributed by atoms with Gasteiger partial charge < -0.3 is 15.0 Å². The van der Waals surface area contributed by atoms with Crippen molar-refractivity contribution < 1.29 is 4.74 Å². The van der Waals surface area contributed by atoms with Crippen molar-refractivity contribution >= 4 is 27.5 Å². The van der Waals surface area contributed by atoms with Crippen LogP contribution in [-0.2, 0) is 4.74 Å². The molecule has 114 valence electrons. The Balaban J connectivity index is 1.83. The second-order valence-corrected chi connectivity index (χ2v) is 6.12. The quantitative estimate of drug-likeness (QED) is 0.856. The largest absolute Gasteiger partial charge is 0.383 e. The predicted molar refractivity (Wildman–Crippen MR) is 85.8 cm³/mol. The van der Waals surface area contributed by atoms with Gasteiger partial charge in [-0.2, -0.15) is 4.98 Å². The summed E-state index contributed by atoms with van der Waals surface area (Å²) in [7, 11) is 1.72. The molecule has 21 heavy (non-hydrogen) atoms. The summed E-state index contributed by atoms with van der Waals surface area (Å²) in [5, 5.41) is 8.11. The molecule has 6 nitrogen and oxygen atoms in total. The van der Waals surface area contributed by atoms with Gasteiger partial charge in [-0.25, -0.2) is 4.52 Å². The maximum Gasteiger partial charge on any atom is 0.245 e. The maximum atomic E-state index is 5.22. The Bertz CT molecular complexity index is 596. The zero-order valence-corrected chi connectivity index (χ0v) is 13.7. The zero-order chi connectivity index (χ0) is 14.7. The smallest absolute Gasteiger partial charge is 0.245 e. The summed E-state index contributed by atoms with van der Waals surface area (Å²) in [5.41, 5.74) is 0.842. The van der Waals surface area contributed by atoms with Crippen LogP contribution in [0.25, 0.3) is 5.65 Å². The number of methoxy groups -OCH3 is 1. The summed E-state index contributed by atoms with van der Waals surface area (Å²) < 4.78 is 7.98. The van der Waals surface area contributed by atoms with Crippen LogP contribution in [0, 0.1) is 0 Å². The fraction of sp³-hybridized carbons (Fsp3) is 0.571. The monoisotopic (exact) mass is 353 g/mol. The fourth-order valence-corrected chi connectivity index (χ4v) is 3.07. The van der Waals surface area contributed by atoms with E-state index in [0.29, 0.717) is 12.6 Å². The fourth-order valence-electron chi connectivity index (χ4n) is 2.65. The number of pyridine rings is 1. The summed E-state index contributed by atoms with van der Waals surface area (Å²) in [4.78, 5) is 6.86. The number of hydrogen-bond acceptors (Lipinski definition) is 5. The average Bonchev–Trinajstić information content (AvgIpc) is 3.13. The van der Waals surface area contributed by atoms with E-state index in [2.05, 4.69) is 36.2 Å². The van der Waals surface area contributed by atoms with Crippen molar-refractivity contribution in [2.75, 3.05) is 38.3 Å². The second kappa shape index (κ2) is 6.72. The van der Waals surface area contributed by atoms with Gasteiger partial charge >= 0.3 is 0 Å². The molecule has 0 bridgehead atoms. The van der Waals surface area contributed by atoms with Gasteiger partial charge in [0.15, 0.2) is 5.65 Å². The van der Waals surface area contributed by atoms with Crippen molar-refractivity contribution in [2.45, 2.75) is 18.9 Å². The highest BCUT2D eigenvalue weighted by Crippen LogP contribution is 2.19. The normalized spacial score (nSPS) is 18.5. The minimum absolute atomic E-state index is 0.511. The molecule has 0 spiro atoms. The summed E-state index contributed by atoms with van der Waals surface area (Å²) in [6, 6.07) is 4.44. The maximum absolute atomic E-state index is 5.22. The van der Waals surface area contributed by atoms with Crippen LogP contribution < -0.4 is 10.2 Å². The van der Waals surface area contributed by atoms with E-state index in [9.17, 15) is 0 Å². The van der Waals surface area contributed by atoms with Gasteiger partial charge in [-0.15, -0.1) is 5.10 Å². The van der Waals surface area contributed by atoms with Crippen molar-refractivity contribution in [3.05, 3.63) is 22.8 Å². The molecule has 1 unspecified atom stereocenters. The Labute approximate surface area is 132 Å². The van der Waals surface area contributed by atoms with Gasteiger partial charge in [0, 0.05) is 32.4 Å². The van der Waals surface area contributed by atoms with E-state index in [1.54, 1.807) is 11.6 Å². The Morgan fingerprint density at radius 1 is 1.57 bits per heavy atom. The number of halogens is 1. The third-order valence-corrected chi connectivity index (χ3v) is 4.37. The van der Waals surface area contributed by atoms with Crippen LogP contribution in [-0.4, -0.2) is 54.0 Å². The standard InChI is InChI=1S/C14H20BrN5O/c1-21-9-8-19(10-11-4-2-6-16-11)14-17-13-12(15)5-3-7-20(13)18-14/h3,5,7,11,16H,2,4,6,8-10H2,1H3. The average molecular weight is 354 g/mol. The molecule has 1 atom stereocenters. The van der Waals surface area contributed by atoms with Gasteiger partial charge in [-0.3, -0.25) is 0 Å². The minimum Gasteiger partial charge on any atom is -0.383 e. The molecule has 1 N–H and O–H groups in total. The van der Waals surface area contributed by atoms with Gasteiger partial charge in [0.2, 0.25) is 5.95 Å². The topological polar surface area (TPSA) is 54.7 Å². The molecule has 0 radical (unpaired) electrons. The van der Waals surface area contributed by atoms with Crippen LogP contribution in [0.15, 0.2) is 22.8 Å². The van der Waals surface area contributed by atoms with Crippen LogP contribution in [0.1, 0.15) is 12.8 Å². The number of ether oxygens (including phenoxy) is 1. The predicted octanol–water partition coefficient (Wildman–Crippen LogP) is 1.70. The molecular formula is C14H20BrN5O. The highest BCUT2D eigenvalue weighted by Gasteiger charge is 2.21. The highest BCUT2D eigenvalue weighted by molar-refractivity contribution is 9.10. The molecule has 0 aliphatic carbocycles. The van der Waals surface area contributed by atoms with Crippen LogP contribution in [0.3, 0.4) is 0 Å². The molecule has 2 aromatic rings. The van der Waals surface area contributed by atoms with Crippen molar-refractivity contribution in [3.63, 3.8) is 0 Å². The SMILES string of the molecule is COCCN(CC1CCCN1)c1nc2c(Br)cccn2n1. The molecule has 0 saturated carbocycles. The molecule has 0 amide bonds. The van der Waals surface area contributed by atoms with E-state index >= 15 is 0 Å². The number of aromatic nitrogens is 3. The van der Waals surface area contributed by atoms with Crippen molar-refractivity contribution in [2.24, 2.45) is 0 Å². The molecule has 1 aliphatic heterocycles. The van der Waals surface area contributed by atoms with Crippen LogP contribution in [0.2, 0.25) is 0 Å². The summed E-state index contributed by atoms with van der Waals surface area (Å²) in [5.74, 6) is 0.757. The number of fused-ring (bicyclic) bond motifs is 1. The van der Waals surface area contributed by atoms with Gasteiger partial charge in [0.25, 0.3) is 0 Å². The molecule has 1 fully saturated rings. The Morgan fingerprint density at radius 2 is 2.48 bits per heavy atom. The third kappa shape index (κ3) is 3.36. The Morgan fingerprint density at radius 3 is 3.19 bits per heavy atom. The Hall–Kier alpha value is -1.18. The van der Waals surface area contributed by atoms with E-state index in [0.717, 1.165) is 35.7 Å². The number of nitrogens with one attached hydrogen (secondary N) is 1. The summed E-state index contributed by atoms with van der Waals surface area (Å²) in [6.07, 6.45) is 4.37. The van der Waals surface area contributed by atoms with Gasteiger partial charge in [-0.05, 0) is 47.4 Å². The van der Waals surface area contributed by atoms with Crippen molar-refractivity contribution in [3.8, 4) is 0 Å². The Kier molecular flexibility index (Phi) is 4.72. The number of nitrogens with zero attached hydrogens (tertiary/aromatic N) is 4. The molecule has 2 aromatic heterocycles. The van der Waals surface area contributed by atoms with Crippen LogP contribution in [0.4, 0.5) is 5.95 Å². The van der Waals surface area contributed by atoms with Crippen molar-refractivity contribution in [1.29, 1.82) is 0 Å². The van der Waals surface area contributed by atoms with E-state index in [1.165, 1.54) is 12.8 Å². The van der Waals surface area contributed by atoms with E-state index in [1.807, 2.05) is 18.3 Å². The van der Waals surface area contributed by atoms with E-state index in [4.69, 9.17) is 4.74 Å². The molecule has 3 heterocycles. The lowest BCUT2D eigenvalue weighted by Gasteiger charge is -2.24. The van der Waals surface area contributed by atoms with Gasteiger partial charge in [-0.1, -0.05) is 0 Å². The number of rotatable bonds is 6. The molecular weight excluding hydrogens is 334 g/mol. The van der Waals surface area contributed by atoms with Crippen LogP contribution in [0.5, 0.6) is 0 Å². The van der Waals surface area contributed by atoms with E-state index < -0.39 is 0 Å². The molecule has 1 aliphatic rings. The lowest BCUT2D eigenvalue weighted by Crippen LogP contribution is -2.39. The zero-order valence-electron chi connectivity index (χ0n) is 12.1. The highest BCUT2D eigenvalue weighted by atomic mass is 79.9.